The van der Waals surface area contributed by atoms with Crippen LogP contribution in [0.15, 0.2) is 34.7 Å². The van der Waals surface area contributed by atoms with Gasteiger partial charge in [-0.15, -0.1) is 0 Å². The molecule has 0 radical (unpaired) electrons. The zero-order valence-electron chi connectivity index (χ0n) is 11.0. The SMILES string of the molecule is Cc1ccc(CN(C)Cc2cccc(C(=O)O)n2)o1. The van der Waals surface area contributed by atoms with Gasteiger partial charge in [0, 0.05) is 6.54 Å². The van der Waals surface area contributed by atoms with Crippen molar-refractivity contribution in [3.8, 4) is 0 Å². The number of hydrogen-bond donors (Lipinski definition) is 1. The van der Waals surface area contributed by atoms with Gasteiger partial charge in [0.1, 0.15) is 17.2 Å². The van der Waals surface area contributed by atoms with Crippen LogP contribution in [0, 0.1) is 6.92 Å². The van der Waals surface area contributed by atoms with Gasteiger partial charge in [0.05, 0.1) is 12.2 Å². The predicted octanol–water partition coefficient (Wildman–Crippen LogP) is 2.31. The summed E-state index contributed by atoms with van der Waals surface area (Å²) in [6.45, 7) is 3.13. The summed E-state index contributed by atoms with van der Waals surface area (Å²) in [5, 5.41) is 8.89. The Morgan fingerprint density at radius 3 is 2.74 bits per heavy atom. The Labute approximate surface area is 111 Å². The third kappa shape index (κ3) is 3.66. The number of aryl methyl sites for hydroxylation is 1. The van der Waals surface area contributed by atoms with Crippen molar-refractivity contribution in [2.75, 3.05) is 7.05 Å². The molecule has 19 heavy (non-hydrogen) atoms. The van der Waals surface area contributed by atoms with Crippen molar-refractivity contribution >= 4 is 5.97 Å². The number of pyridine rings is 1. The summed E-state index contributed by atoms with van der Waals surface area (Å²) < 4.78 is 5.50. The molecule has 0 aliphatic carbocycles. The summed E-state index contributed by atoms with van der Waals surface area (Å²) in [5.41, 5.74) is 0.797. The molecule has 2 rings (SSSR count). The highest BCUT2D eigenvalue weighted by atomic mass is 16.4. The maximum Gasteiger partial charge on any atom is 0.354 e. The third-order valence-corrected chi connectivity index (χ3v) is 2.68. The molecule has 0 amide bonds. The molecule has 0 fully saturated rings. The zero-order valence-corrected chi connectivity index (χ0v) is 11.0. The molecule has 0 aliphatic heterocycles. The number of hydrogen-bond acceptors (Lipinski definition) is 4. The van der Waals surface area contributed by atoms with Crippen molar-refractivity contribution in [1.82, 2.24) is 9.88 Å². The van der Waals surface area contributed by atoms with Gasteiger partial charge in [0.2, 0.25) is 0 Å². The van der Waals surface area contributed by atoms with E-state index in [9.17, 15) is 4.79 Å². The highest BCUT2D eigenvalue weighted by Gasteiger charge is 2.08. The van der Waals surface area contributed by atoms with E-state index < -0.39 is 5.97 Å². The van der Waals surface area contributed by atoms with Gasteiger partial charge in [-0.25, -0.2) is 9.78 Å². The lowest BCUT2D eigenvalue weighted by molar-refractivity contribution is 0.0690. The van der Waals surface area contributed by atoms with Crippen molar-refractivity contribution < 1.29 is 14.3 Å². The average molecular weight is 260 g/mol. The Balaban J connectivity index is 2.00. The molecule has 100 valence electrons. The zero-order chi connectivity index (χ0) is 13.8. The quantitative estimate of drug-likeness (QED) is 0.893. The van der Waals surface area contributed by atoms with Gasteiger partial charge in [0.25, 0.3) is 0 Å². The van der Waals surface area contributed by atoms with E-state index in [1.54, 1.807) is 6.07 Å². The van der Waals surface area contributed by atoms with Gasteiger partial charge in [0.15, 0.2) is 0 Å². The molecule has 2 heterocycles. The minimum atomic E-state index is -1.01. The average Bonchev–Trinajstić information content (AvgIpc) is 2.74. The molecule has 0 saturated carbocycles. The topological polar surface area (TPSA) is 66.6 Å². The van der Waals surface area contributed by atoms with E-state index in [2.05, 4.69) is 4.98 Å². The van der Waals surface area contributed by atoms with Crippen LogP contribution in [0.5, 0.6) is 0 Å². The van der Waals surface area contributed by atoms with Crippen LogP contribution in [0.25, 0.3) is 0 Å². The Bertz CT molecular complexity index is 578. The molecule has 2 aromatic heterocycles. The Kier molecular flexibility index (Phi) is 3.97. The van der Waals surface area contributed by atoms with E-state index in [-0.39, 0.29) is 5.69 Å². The number of nitrogens with zero attached hydrogens (tertiary/aromatic N) is 2. The second kappa shape index (κ2) is 5.67. The normalized spacial score (nSPS) is 10.9. The number of rotatable bonds is 5. The van der Waals surface area contributed by atoms with Gasteiger partial charge in [-0.1, -0.05) is 6.07 Å². The summed E-state index contributed by atoms with van der Waals surface area (Å²) in [6, 6.07) is 8.87. The van der Waals surface area contributed by atoms with E-state index in [4.69, 9.17) is 9.52 Å². The lowest BCUT2D eigenvalue weighted by Gasteiger charge is -2.14. The Hall–Kier alpha value is -2.14. The van der Waals surface area contributed by atoms with Crippen LogP contribution < -0.4 is 0 Å². The number of carbonyl (C=O) groups is 1. The van der Waals surface area contributed by atoms with Crippen LogP contribution >= 0.6 is 0 Å². The Morgan fingerprint density at radius 2 is 2.11 bits per heavy atom. The molecule has 2 aromatic rings. The van der Waals surface area contributed by atoms with Crippen LogP contribution in [0.1, 0.15) is 27.7 Å². The number of furan rings is 1. The first-order valence-corrected chi connectivity index (χ1v) is 5.97. The van der Waals surface area contributed by atoms with Gasteiger partial charge in [-0.3, -0.25) is 4.90 Å². The van der Waals surface area contributed by atoms with Crippen LogP contribution in [0.2, 0.25) is 0 Å². The summed E-state index contributed by atoms with van der Waals surface area (Å²) in [5.74, 6) is 0.759. The summed E-state index contributed by atoms with van der Waals surface area (Å²) >= 11 is 0. The number of aromatic nitrogens is 1. The monoisotopic (exact) mass is 260 g/mol. The fourth-order valence-corrected chi connectivity index (χ4v) is 1.86. The van der Waals surface area contributed by atoms with Crippen LogP contribution in [0.4, 0.5) is 0 Å². The molecular weight excluding hydrogens is 244 g/mol. The third-order valence-electron chi connectivity index (χ3n) is 2.68. The molecule has 0 aromatic carbocycles. The van der Waals surface area contributed by atoms with Gasteiger partial charge in [-0.2, -0.15) is 0 Å². The fraction of sp³-hybridized carbons (Fsp3) is 0.286. The smallest absolute Gasteiger partial charge is 0.354 e. The standard InChI is InChI=1S/C14H16N2O3/c1-10-6-7-12(19-10)9-16(2)8-11-4-3-5-13(15-11)14(17)18/h3-7H,8-9H2,1-2H3,(H,17,18). The molecule has 0 aliphatic rings. The first kappa shape index (κ1) is 13.3. The highest BCUT2D eigenvalue weighted by molar-refractivity contribution is 5.85. The van der Waals surface area contributed by atoms with Crippen LogP contribution in [-0.2, 0) is 13.1 Å². The van der Waals surface area contributed by atoms with E-state index >= 15 is 0 Å². The van der Waals surface area contributed by atoms with E-state index in [1.807, 2.05) is 37.1 Å². The van der Waals surface area contributed by atoms with E-state index in [1.165, 1.54) is 6.07 Å². The molecule has 5 heteroatoms. The largest absolute Gasteiger partial charge is 0.477 e. The maximum atomic E-state index is 10.8. The van der Waals surface area contributed by atoms with E-state index in [0.717, 1.165) is 17.2 Å². The van der Waals surface area contributed by atoms with Crippen molar-refractivity contribution in [2.24, 2.45) is 0 Å². The fourth-order valence-electron chi connectivity index (χ4n) is 1.86. The summed E-state index contributed by atoms with van der Waals surface area (Å²) in [4.78, 5) is 16.9. The Morgan fingerprint density at radius 1 is 1.32 bits per heavy atom. The first-order valence-electron chi connectivity index (χ1n) is 5.97. The predicted molar refractivity (Wildman–Crippen MR) is 69.8 cm³/mol. The first-order chi connectivity index (χ1) is 9.04. The van der Waals surface area contributed by atoms with Crippen molar-refractivity contribution in [3.05, 3.63) is 53.2 Å². The van der Waals surface area contributed by atoms with Crippen molar-refractivity contribution in [1.29, 1.82) is 0 Å². The summed E-state index contributed by atoms with van der Waals surface area (Å²) in [7, 11) is 1.94. The van der Waals surface area contributed by atoms with Crippen LogP contribution in [0.3, 0.4) is 0 Å². The molecule has 0 bridgehead atoms. The maximum absolute atomic E-state index is 10.8. The van der Waals surface area contributed by atoms with E-state index in [0.29, 0.717) is 13.1 Å². The van der Waals surface area contributed by atoms with Crippen molar-refractivity contribution in [2.45, 2.75) is 20.0 Å². The van der Waals surface area contributed by atoms with Gasteiger partial charge in [-0.05, 0) is 38.2 Å². The van der Waals surface area contributed by atoms with Crippen LogP contribution in [-0.4, -0.2) is 28.0 Å². The molecule has 5 nitrogen and oxygen atoms in total. The lowest BCUT2D eigenvalue weighted by Crippen LogP contribution is -2.18. The second-order valence-electron chi connectivity index (χ2n) is 4.50. The lowest BCUT2D eigenvalue weighted by atomic mass is 10.3. The minimum Gasteiger partial charge on any atom is -0.477 e. The second-order valence-corrected chi connectivity index (χ2v) is 4.50. The number of carboxylic acid groups (broad SMARTS) is 1. The molecular formula is C14H16N2O3. The molecule has 0 saturated heterocycles. The van der Waals surface area contributed by atoms with Crippen molar-refractivity contribution in [3.63, 3.8) is 0 Å². The highest BCUT2D eigenvalue weighted by Crippen LogP contribution is 2.10. The molecule has 0 unspecified atom stereocenters. The number of carboxylic acids is 1. The summed E-state index contributed by atoms with van der Waals surface area (Å²) in [6.07, 6.45) is 0. The van der Waals surface area contributed by atoms with Gasteiger partial charge < -0.3 is 9.52 Å². The molecule has 0 atom stereocenters. The molecule has 0 spiro atoms. The minimum absolute atomic E-state index is 0.0692. The number of aromatic carboxylic acids is 1. The van der Waals surface area contributed by atoms with Gasteiger partial charge >= 0.3 is 5.97 Å². The molecule has 1 N–H and O–H groups in total.